The molecule has 0 spiro atoms. The highest BCUT2D eigenvalue weighted by atomic mass is 16.5. The molecule has 0 aliphatic rings. The average molecular weight is 310 g/mol. The number of nitrogens with zero attached hydrogens (tertiary/aromatic N) is 2. The third-order valence-corrected chi connectivity index (χ3v) is 3.63. The zero-order valence-electron chi connectivity index (χ0n) is 13.3. The largest absolute Gasteiger partial charge is 0.478 e. The minimum absolute atomic E-state index is 0.00595. The Morgan fingerprint density at radius 2 is 2.04 bits per heavy atom. The summed E-state index contributed by atoms with van der Waals surface area (Å²) < 4.78 is 5.55. The van der Waals surface area contributed by atoms with E-state index in [4.69, 9.17) is 9.84 Å². The highest BCUT2D eigenvalue weighted by molar-refractivity contribution is 5.90. The summed E-state index contributed by atoms with van der Waals surface area (Å²) >= 11 is 0. The number of aromatic nitrogens is 1. The first kappa shape index (κ1) is 16.7. The molecule has 1 N–H and O–H groups in total. The van der Waals surface area contributed by atoms with Gasteiger partial charge in [0.25, 0.3) is 0 Å². The Morgan fingerprint density at radius 1 is 1.39 bits per heavy atom. The number of aromatic carboxylic acids is 1. The van der Waals surface area contributed by atoms with Crippen molar-refractivity contribution in [1.29, 1.82) is 5.26 Å². The monoisotopic (exact) mass is 310 g/mol. The van der Waals surface area contributed by atoms with Crippen molar-refractivity contribution in [3.8, 4) is 17.3 Å². The minimum atomic E-state index is -1.08. The van der Waals surface area contributed by atoms with Crippen molar-refractivity contribution in [2.45, 2.75) is 26.9 Å². The van der Waals surface area contributed by atoms with Gasteiger partial charge in [-0.2, -0.15) is 5.26 Å². The number of carbonyl (C=O) groups is 1. The van der Waals surface area contributed by atoms with Crippen LogP contribution in [-0.2, 0) is 4.74 Å². The number of hydrogen-bond donors (Lipinski definition) is 1. The highest BCUT2D eigenvalue weighted by Gasteiger charge is 2.15. The predicted molar refractivity (Wildman–Crippen MR) is 86.1 cm³/mol. The Hall–Kier alpha value is -2.71. The van der Waals surface area contributed by atoms with Crippen molar-refractivity contribution in [1.82, 2.24) is 4.98 Å². The Morgan fingerprint density at radius 3 is 2.57 bits per heavy atom. The molecule has 2 aromatic rings. The molecule has 118 valence electrons. The molecule has 0 fully saturated rings. The van der Waals surface area contributed by atoms with E-state index in [1.165, 1.54) is 6.07 Å². The predicted octanol–water partition coefficient (Wildman–Crippen LogP) is 3.72. The van der Waals surface area contributed by atoms with Crippen LogP contribution in [0, 0.1) is 18.3 Å². The molecule has 1 atom stereocenters. The molecule has 5 nitrogen and oxygen atoms in total. The van der Waals surface area contributed by atoms with E-state index < -0.39 is 5.97 Å². The fourth-order valence-electron chi connectivity index (χ4n) is 2.39. The second kappa shape index (κ2) is 7.03. The van der Waals surface area contributed by atoms with Crippen LogP contribution >= 0.6 is 0 Å². The molecule has 1 aromatic heterocycles. The van der Waals surface area contributed by atoms with Crippen LogP contribution in [0.1, 0.15) is 47.1 Å². The number of carboxylic acids is 1. The number of benzene rings is 1. The van der Waals surface area contributed by atoms with Crippen LogP contribution in [0.2, 0.25) is 0 Å². The van der Waals surface area contributed by atoms with E-state index in [9.17, 15) is 10.1 Å². The maximum Gasteiger partial charge on any atom is 0.337 e. The Kier molecular flexibility index (Phi) is 5.09. The Labute approximate surface area is 135 Å². The summed E-state index contributed by atoms with van der Waals surface area (Å²) in [5, 5.41) is 18.4. The lowest BCUT2D eigenvalue weighted by molar-refractivity contribution is 0.0695. The van der Waals surface area contributed by atoms with Crippen molar-refractivity contribution < 1.29 is 14.6 Å². The van der Waals surface area contributed by atoms with Gasteiger partial charge in [-0.25, -0.2) is 4.79 Å². The summed E-state index contributed by atoms with van der Waals surface area (Å²) in [5.41, 5.74) is 2.98. The van der Waals surface area contributed by atoms with Crippen molar-refractivity contribution in [3.63, 3.8) is 0 Å². The Balaban J connectivity index is 2.44. The van der Waals surface area contributed by atoms with E-state index in [0.29, 0.717) is 18.0 Å². The molecule has 0 saturated heterocycles. The third-order valence-electron chi connectivity index (χ3n) is 3.63. The summed E-state index contributed by atoms with van der Waals surface area (Å²) in [7, 11) is 0. The maximum atomic E-state index is 11.2. The van der Waals surface area contributed by atoms with Crippen molar-refractivity contribution in [2.75, 3.05) is 6.61 Å². The summed E-state index contributed by atoms with van der Waals surface area (Å²) in [6.45, 7) is 6.18. The molecular formula is C18H18N2O3. The number of aryl methyl sites for hydroxylation is 1. The van der Waals surface area contributed by atoms with Crippen LogP contribution in [-0.4, -0.2) is 22.7 Å². The first-order chi connectivity index (χ1) is 11.0. The fraction of sp³-hybridized carbons (Fsp3) is 0.278. The summed E-state index contributed by atoms with van der Waals surface area (Å²) in [6.07, 6.45) is -0.00595. The number of pyridine rings is 1. The molecule has 23 heavy (non-hydrogen) atoms. The van der Waals surface area contributed by atoms with Gasteiger partial charge >= 0.3 is 5.97 Å². The second-order valence-corrected chi connectivity index (χ2v) is 5.15. The number of ether oxygens (including phenoxy) is 1. The summed E-state index contributed by atoms with van der Waals surface area (Å²) in [6, 6.07) is 11.0. The van der Waals surface area contributed by atoms with E-state index in [2.05, 4.69) is 4.98 Å². The number of hydrogen-bond acceptors (Lipinski definition) is 4. The molecule has 2 rings (SSSR count). The summed E-state index contributed by atoms with van der Waals surface area (Å²) in [4.78, 5) is 15.5. The first-order valence-electron chi connectivity index (χ1n) is 7.34. The van der Waals surface area contributed by atoms with Crippen molar-refractivity contribution >= 4 is 5.97 Å². The number of rotatable bonds is 5. The van der Waals surface area contributed by atoms with Gasteiger partial charge in [0.15, 0.2) is 0 Å². The minimum Gasteiger partial charge on any atom is -0.478 e. The van der Waals surface area contributed by atoms with E-state index in [0.717, 1.165) is 11.1 Å². The Bertz CT molecular complexity index is 761. The third kappa shape index (κ3) is 3.55. The molecule has 1 heterocycles. The van der Waals surface area contributed by atoms with Gasteiger partial charge in [-0.1, -0.05) is 24.3 Å². The second-order valence-electron chi connectivity index (χ2n) is 5.15. The van der Waals surface area contributed by atoms with Gasteiger partial charge in [0.2, 0.25) is 0 Å². The van der Waals surface area contributed by atoms with Gasteiger partial charge in [0, 0.05) is 12.2 Å². The number of carboxylic acid groups (broad SMARTS) is 1. The topological polar surface area (TPSA) is 83.2 Å². The smallest absolute Gasteiger partial charge is 0.337 e. The van der Waals surface area contributed by atoms with Crippen LogP contribution in [0.5, 0.6) is 0 Å². The lowest BCUT2D eigenvalue weighted by Gasteiger charge is -2.13. The molecule has 0 aliphatic carbocycles. The molecule has 0 bridgehead atoms. The molecule has 0 radical (unpaired) electrons. The van der Waals surface area contributed by atoms with Crippen molar-refractivity contribution in [2.24, 2.45) is 0 Å². The molecule has 5 heteroatoms. The van der Waals surface area contributed by atoms with Gasteiger partial charge in [0.1, 0.15) is 6.07 Å². The normalized spacial score (nSPS) is 11.7. The number of nitriles is 1. The zero-order chi connectivity index (χ0) is 17.0. The quantitative estimate of drug-likeness (QED) is 0.909. The van der Waals surface area contributed by atoms with Gasteiger partial charge in [0.05, 0.1) is 28.6 Å². The first-order valence-corrected chi connectivity index (χ1v) is 7.34. The lowest BCUT2D eigenvalue weighted by atomic mass is 10.0. The standard InChI is InChI=1S/C18H18N2O3/c1-4-23-12(3)13-5-7-14(8-6-13)17-15(10-19)9-16(18(21)22)11(2)20-17/h5-9,12H,4H2,1-3H3,(H,21,22)/t12-/m1/s1. The molecule has 1 aromatic carbocycles. The van der Waals surface area contributed by atoms with Crippen LogP contribution in [0.25, 0.3) is 11.3 Å². The van der Waals surface area contributed by atoms with Crippen LogP contribution in [0.4, 0.5) is 0 Å². The molecule has 0 saturated carbocycles. The highest BCUT2D eigenvalue weighted by Crippen LogP contribution is 2.26. The van der Waals surface area contributed by atoms with E-state index >= 15 is 0 Å². The van der Waals surface area contributed by atoms with Crippen molar-refractivity contribution in [3.05, 3.63) is 52.7 Å². The molecular weight excluding hydrogens is 292 g/mol. The maximum absolute atomic E-state index is 11.2. The molecule has 0 unspecified atom stereocenters. The molecule has 0 aliphatic heterocycles. The van der Waals surface area contributed by atoms with Crippen LogP contribution in [0.15, 0.2) is 30.3 Å². The van der Waals surface area contributed by atoms with Gasteiger partial charge in [-0.15, -0.1) is 0 Å². The lowest BCUT2D eigenvalue weighted by Crippen LogP contribution is -2.05. The zero-order valence-corrected chi connectivity index (χ0v) is 13.3. The summed E-state index contributed by atoms with van der Waals surface area (Å²) in [5.74, 6) is -1.08. The van der Waals surface area contributed by atoms with Gasteiger partial charge < -0.3 is 9.84 Å². The average Bonchev–Trinajstić information content (AvgIpc) is 2.54. The van der Waals surface area contributed by atoms with Gasteiger partial charge in [-0.3, -0.25) is 4.98 Å². The van der Waals surface area contributed by atoms with E-state index in [1.54, 1.807) is 6.92 Å². The van der Waals surface area contributed by atoms with Crippen LogP contribution < -0.4 is 0 Å². The van der Waals surface area contributed by atoms with E-state index in [1.807, 2.05) is 44.2 Å². The molecule has 0 amide bonds. The van der Waals surface area contributed by atoms with E-state index in [-0.39, 0.29) is 17.2 Å². The van der Waals surface area contributed by atoms with Gasteiger partial charge in [-0.05, 0) is 32.4 Å². The van der Waals surface area contributed by atoms with Crippen LogP contribution in [0.3, 0.4) is 0 Å². The SMILES string of the molecule is CCO[C@H](C)c1ccc(-c2nc(C)c(C(=O)O)cc2C#N)cc1. The fourth-order valence-corrected chi connectivity index (χ4v) is 2.39.